The van der Waals surface area contributed by atoms with Crippen molar-refractivity contribution >= 4 is 42.3 Å². The molecule has 1 aromatic heterocycles. The van der Waals surface area contributed by atoms with Crippen molar-refractivity contribution in [1.29, 1.82) is 0 Å². The molecule has 0 spiro atoms. The standard InChI is InChI=1S/C40H24S/c1-2-14-33-32(13-1)35-16-7-12-30-22-31(24-37(33)40(30)35)28-11-6-9-26(21-28)25-8-5-10-27(20-25)29-18-19-39-36(23-29)34-15-3-4-17-38(34)41-39/h1-24H. The highest BCUT2D eigenvalue weighted by Crippen LogP contribution is 2.48. The number of rotatable bonds is 3. The van der Waals surface area contributed by atoms with Gasteiger partial charge in [-0.2, -0.15) is 0 Å². The van der Waals surface area contributed by atoms with E-state index in [4.69, 9.17) is 0 Å². The minimum Gasteiger partial charge on any atom is -0.135 e. The summed E-state index contributed by atoms with van der Waals surface area (Å²) >= 11 is 1.87. The molecule has 1 aliphatic carbocycles. The van der Waals surface area contributed by atoms with Crippen molar-refractivity contribution in [3.63, 3.8) is 0 Å². The SMILES string of the molecule is c1cc(-c2cccc(-c3ccc4sc5ccccc5c4c3)c2)cc(-c2cc3c4c(cccc4c2)-c2ccccc2-3)c1. The molecule has 41 heavy (non-hydrogen) atoms. The molecule has 1 heterocycles. The van der Waals surface area contributed by atoms with E-state index < -0.39 is 0 Å². The molecule has 0 nitrogen and oxygen atoms in total. The summed E-state index contributed by atoms with van der Waals surface area (Å²) in [6.07, 6.45) is 0. The van der Waals surface area contributed by atoms with Gasteiger partial charge in [0, 0.05) is 20.2 Å². The fourth-order valence-corrected chi connectivity index (χ4v) is 7.73. The van der Waals surface area contributed by atoms with Gasteiger partial charge < -0.3 is 0 Å². The van der Waals surface area contributed by atoms with Crippen molar-refractivity contribution in [2.75, 3.05) is 0 Å². The zero-order valence-electron chi connectivity index (χ0n) is 22.3. The monoisotopic (exact) mass is 536 g/mol. The Morgan fingerprint density at radius 2 is 0.902 bits per heavy atom. The molecule has 0 saturated heterocycles. The average Bonchev–Trinajstić information content (AvgIpc) is 3.58. The summed E-state index contributed by atoms with van der Waals surface area (Å²) in [7, 11) is 0. The third-order valence-corrected chi connectivity index (χ3v) is 9.74. The molecule has 0 N–H and O–H groups in total. The van der Waals surface area contributed by atoms with Crippen LogP contribution in [0.4, 0.5) is 0 Å². The van der Waals surface area contributed by atoms with Crippen LogP contribution in [-0.4, -0.2) is 0 Å². The first-order valence-corrected chi connectivity index (χ1v) is 14.9. The largest absolute Gasteiger partial charge is 0.135 e. The van der Waals surface area contributed by atoms with Gasteiger partial charge in [-0.3, -0.25) is 0 Å². The normalized spacial score (nSPS) is 11.9. The van der Waals surface area contributed by atoms with Crippen LogP contribution in [0.2, 0.25) is 0 Å². The van der Waals surface area contributed by atoms with E-state index in [1.807, 2.05) is 11.3 Å². The van der Waals surface area contributed by atoms with Crippen LogP contribution in [0.1, 0.15) is 0 Å². The Hall–Kier alpha value is -4.98. The smallest absolute Gasteiger partial charge is 0.0355 e. The van der Waals surface area contributed by atoms with Gasteiger partial charge in [0.1, 0.15) is 0 Å². The first-order chi connectivity index (χ1) is 20.3. The minimum absolute atomic E-state index is 1.23. The Morgan fingerprint density at radius 1 is 0.317 bits per heavy atom. The summed E-state index contributed by atoms with van der Waals surface area (Å²) in [5.41, 5.74) is 12.8. The Labute approximate surface area is 242 Å². The fraction of sp³-hybridized carbons (Fsp3) is 0. The zero-order valence-corrected chi connectivity index (χ0v) is 23.1. The maximum Gasteiger partial charge on any atom is 0.0355 e. The third kappa shape index (κ3) is 3.53. The predicted octanol–water partition coefficient (Wildman–Crippen LogP) is 11.9. The van der Waals surface area contributed by atoms with Crippen molar-refractivity contribution in [2.45, 2.75) is 0 Å². The highest BCUT2D eigenvalue weighted by molar-refractivity contribution is 7.25. The first-order valence-electron chi connectivity index (χ1n) is 14.1. The predicted molar refractivity (Wildman–Crippen MR) is 178 cm³/mol. The van der Waals surface area contributed by atoms with Crippen molar-refractivity contribution in [2.24, 2.45) is 0 Å². The first kappa shape index (κ1) is 22.8. The zero-order chi connectivity index (χ0) is 26.9. The van der Waals surface area contributed by atoms with Gasteiger partial charge in [0.25, 0.3) is 0 Å². The lowest BCUT2D eigenvalue weighted by molar-refractivity contribution is 1.59. The van der Waals surface area contributed by atoms with E-state index >= 15 is 0 Å². The molecule has 1 aliphatic rings. The fourth-order valence-electron chi connectivity index (χ4n) is 6.65. The van der Waals surface area contributed by atoms with E-state index in [2.05, 4.69) is 146 Å². The van der Waals surface area contributed by atoms with Gasteiger partial charge in [-0.1, -0.05) is 103 Å². The number of benzene rings is 7. The molecule has 0 saturated carbocycles. The molecule has 0 unspecified atom stereocenters. The molecule has 7 aromatic carbocycles. The highest BCUT2D eigenvalue weighted by atomic mass is 32.1. The topological polar surface area (TPSA) is 0 Å². The van der Waals surface area contributed by atoms with Crippen LogP contribution < -0.4 is 0 Å². The lowest BCUT2D eigenvalue weighted by Gasteiger charge is -2.11. The minimum atomic E-state index is 1.23. The van der Waals surface area contributed by atoms with Crippen LogP contribution in [0.25, 0.3) is 86.6 Å². The Morgan fingerprint density at radius 3 is 1.68 bits per heavy atom. The second-order valence-electron chi connectivity index (χ2n) is 10.9. The summed E-state index contributed by atoms with van der Waals surface area (Å²) in [6, 6.07) is 53.8. The van der Waals surface area contributed by atoms with Gasteiger partial charge in [-0.15, -0.1) is 11.3 Å². The molecule has 0 atom stereocenters. The highest BCUT2D eigenvalue weighted by Gasteiger charge is 2.21. The van der Waals surface area contributed by atoms with E-state index in [-0.39, 0.29) is 0 Å². The molecule has 0 fully saturated rings. The summed E-state index contributed by atoms with van der Waals surface area (Å²) in [4.78, 5) is 0. The molecule has 8 aromatic rings. The van der Waals surface area contributed by atoms with Crippen molar-refractivity contribution in [1.82, 2.24) is 0 Å². The Kier molecular flexibility index (Phi) is 4.87. The van der Waals surface area contributed by atoms with Crippen molar-refractivity contribution in [3.8, 4) is 55.6 Å². The number of hydrogen-bond donors (Lipinski definition) is 0. The molecule has 0 radical (unpaired) electrons. The quantitative estimate of drug-likeness (QED) is 0.211. The van der Waals surface area contributed by atoms with Gasteiger partial charge in [-0.05, 0) is 109 Å². The van der Waals surface area contributed by atoms with Crippen LogP contribution in [-0.2, 0) is 0 Å². The van der Waals surface area contributed by atoms with Crippen LogP contribution in [0.3, 0.4) is 0 Å². The van der Waals surface area contributed by atoms with E-state index in [0.29, 0.717) is 0 Å². The number of hydrogen-bond acceptors (Lipinski definition) is 1. The van der Waals surface area contributed by atoms with Crippen molar-refractivity contribution in [3.05, 3.63) is 146 Å². The summed E-state index contributed by atoms with van der Waals surface area (Å²) < 4.78 is 2.68. The van der Waals surface area contributed by atoms with Gasteiger partial charge in [0.2, 0.25) is 0 Å². The number of thiophene rings is 1. The van der Waals surface area contributed by atoms with Crippen LogP contribution in [0.15, 0.2) is 146 Å². The average molecular weight is 537 g/mol. The molecular weight excluding hydrogens is 513 g/mol. The molecule has 0 amide bonds. The Balaban J connectivity index is 1.14. The van der Waals surface area contributed by atoms with E-state index in [1.54, 1.807) is 0 Å². The van der Waals surface area contributed by atoms with Crippen molar-refractivity contribution < 1.29 is 0 Å². The number of fused-ring (bicyclic) bond motifs is 6. The lowest BCUT2D eigenvalue weighted by Crippen LogP contribution is -1.85. The van der Waals surface area contributed by atoms with E-state index in [0.717, 1.165) is 0 Å². The van der Waals surface area contributed by atoms with E-state index in [1.165, 1.54) is 86.6 Å². The maximum atomic E-state index is 2.38. The van der Waals surface area contributed by atoms with Crippen LogP contribution in [0, 0.1) is 0 Å². The van der Waals surface area contributed by atoms with Gasteiger partial charge >= 0.3 is 0 Å². The van der Waals surface area contributed by atoms with Crippen LogP contribution in [0.5, 0.6) is 0 Å². The van der Waals surface area contributed by atoms with E-state index in [9.17, 15) is 0 Å². The second-order valence-corrected chi connectivity index (χ2v) is 12.0. The summed E-state index contributed by atoms with van der Waals surface area (Å²) in [6.45, 7) is 0. The lowest BCUT2D eigenvalue weighted by atomic mass is 9.93. The maximum absolute atomic E-state index is 2.38. The summed E-state index contributed by atoms with van der Waals surface area (Å²) in [5, 5.41) is 5.35. The van der Waals surface area contributed by atoms with Gasteiger partial charge in [0.15, 0.2) is 0 Å². The van der Waals surface area contributed by atoms with Crippen LogP contribution >= 0.6 is 11.3 Å². The molecule has 9 rings (SSSR count). The second kappa shape index (κ2) is 8.76. The Bertz CT molecular complexity index is 2320. The van der Waals surface area contributed by atoms with Gasteiger partial charge in [0.05, 0.1) is 0 Å². The molecular formula is C40H24S. The third-order valence-electron chi connectivity index (χ3n) is 8.59. The summed E-state index contributed by atoms with van der Waals surface area (Å²) in [5.74, 6) is 0. The molecule has 0 aliphatic heterocycles. The molecule has 190 valence electrons. The van der Waals surface area contributed by atoms with Gasteiger partial charge in [-0.25, -0.2) is 0 Å². The molecule has 1 heteroatoms. The molecule has 0 bridgehead atoms.